The number of sulfonamides is 1. The van der Waals surface area contributed by atoms with E-state index in [2.05, 4.69) is 15.5 Å². The van der Waals surface area contributed by atoms with Crippen LogP contribution in [-0.2, 0) is 10.0 Å². The summed E-state index contributed by atoms with van der Waals surface area (Å²) in [5.41, 5.74) is 4.12. The molecule has 2 aromatic rings. The Hall–Kier alpha value is -2.85. The van der Waals surface area contributed by atoms with Gasteiger partial charge in [0.25, 0.3) is 5.69 Å². The first-order chi connectivity index (χ1) is 13.4. The summed E-state index contributed by atoms with van der Waals surface area (Å²) in [5.74, 6) is 0.402. The van der Waals surface area contributed by atoms with Crippen LogP contribution >= 0.6 is 0 Å². The van der Waals surface area contributed by atoms with Crippen molar-refractivity contribution in [1.82, 2.24) is 9.29 Å². The number of piperidine rings is 1. The van der Waals surface area contributed by atoms with Gasteiger partial charge in [0.15, 0.2) is 0 Å². The molecule has 10 heteroatoms. The number of hydrazone groups is 1. The van der Waals surface area contributed by atoms with Gasteiger partial charge in [0.05, 0.1) is 10.6 Å². The van der Waals surface area contributed by atoms with Crippen molar-refractivity contribution in [3.63, 3.8) is 0 Å². The molecule has 0 saturated carbocycles. The van der Waals surface area contributed by atoms with Crippen molar-refractivity contribution in [2.45, 2.75) is 31.1 Å². The van der Waals surface area contributed by atoms with Crippen LogP contribution in [-0.4, -0.2) is 41.4 Å². The molecule has 1 N–H and O–H groups in total. The summed E-state index contributed by atoms with van der Waals surface area (Å²) in [6.45, 7) is 2.84. The fourth-order valence-corrected chi connectivity index (χ4v) is 4.35. The lowest BCUT2D eigenvalue weighted by atomic mass is 10.1. The van der Waals surface area contributed by atoms with Crippen molar-refractivity contribution in [2.75, 3.05) is 18.5 Å². The van der Waals surface area contributed by atoms with Gasteiger partial charge in [-0.1, -0.05) is 6.42 Å². The highest BCUT2D eigenvalue weighted by atomic mass is 32.2. The number of nitrogens with zero attached hydrogens (tertiary/aromatic N) is 4. The molecule has 1 aromatic carbocycles. The molecule has 148 valence electrons. The van der Waals surface area contributed by atoms with Gasteiger partial charge in [0.2, 0.25) is 10.0 Å². The van der Waals surface area contributed by atoms with E-state index in [0.717, 1.165) is 24.8 Å². The van der Waals surface area contributed by atoms with Gasteiger partial charge in [-0.15, -0.1) is 0 Å². The number of non-ortho nitro benzene ring substituents is 1. The number of rotatable bonds is 6. The van der Waals surface area contributed by atoms with Gasteiger partial charge in [-0.05, 0) is 49.6 Å². The molecule has 0 unspecified atom stereocenters. The minimum absolute atomic E-state index is 0.0108. The maximum atomic E-state index is 12.6. The topological polar surface area (TPSA) is 118 Å². The molecule has 1 aliphatic rings. The lowest BCUT2D eigenvalue weighted by molar-refractivity contribution is -0.384. The summed E-state index contributed by atoms with van der Waals surface area (Å²) in [6.07, 6.45) is 4.13. The van der Waals surface area contributed by atoms with Crippen LogP contribution in [0.3, 0.4) is 0 Å². The van der Waals surface area contributed by atoms with E-state index in [1.807, 2.05) is 0 Å². The largest absolute Gasteiger partial charge is 0.269 e. The molecule has 9 nitrogen and oxygen atoms in total. The smallest absolute Gasteiger partial charge is 0.261 e. The van der Waals surface area contributed by atoms with Crippen molar-refractivity contribution in [3.05, 3.63) is 58.3 Å². The maximum absolute atomic E-state index is 12.6. The van der Waals surface area contributed by atoms with Gasteiger partial charge < -0.3 is 0 Å². The average Bonchev–Trinajstić information content (AvgIpc) is 2.73. The standard InChI is InChI=1S/C18H21N5O4S/c1-14(15-5-7-16(8-6-15)23(24)25)20-21-18-10-9-17(13-19-18)28(26,27)22-11-3-2-4-12-22/h5-10,13H,2-4,11-12H2,1H3,(H,19,21)/b20-14+. The molecule has 0 aliphatic carbocycles. The van der Waals surface area contributed by atoms with Crippen LogP contribution < -0.4 is 5.43 Å². The number of nitro benzene ring substituents is 1. The monoisotopic (exact) mass is 403 g/mol. The minimum Gasteiger partial charge on any atom is -0.261 e. The summed E-state index contributed by atoms with van der Waals surface area (Å²) in [6, 6.07) is 9.11. The van der Waals surface area contributed by atoms with Crippen molar-refractivity contribution in [3.8, 4) is 0 Å². The summed E-state index contributed by atoms with van der Waals surface area (Å²) in [4.78, 5) is 14.5. The van der Waals surface area contributed by atoms with Gasteiger partial charge in [-0.25, -0.2) is 13.4 Å². The summed E-state index contributed by atoms with van der Waals surface area (Å²) in [7, 11) is -3.51. The lowest BCUT2D eigenvalue weighted by Gasteiger charge is -2.25. The lowest BCUT2D eigenvalue weighted by Crippen LogP contribution is -2.35. The molecule has 28 heavy (non-hydrogen) atoms. The Labute approximate surface area is 163 Å². The van der Waals surface area contributed by atoms with E-state index < -0.39 is 14.9 Å². The van der Waals surface area contributed by atoms with Crippen LogP contribution in [0.25, 0.3) is 0 Å². The molecule has 0 radical (unpaired) electrons. The highest BCUT2D eigenvalue weighted by molar-refractivity contribution is 7.89. The van der Waals surface area contributed by atoms with E-state index >= 15 is 0 Å². The summed E-state index contributed by atoms with van der Waals surface area (Å²) < 4.78 is 26.7. The zero-order valence-electron chi connectivity index (χ0n) is 15.4. The van der Waals surface area contributed by atoms with Crippen LogP contribution in [0, 0.1) is 10.1 Å². The molecule has 0 atom stereocenters. The fraction of sp³-hybridized carbons (Fsp3) is 0.333. The molecule has 0 bridgehead atoms. The minimum atomic E-state index is -3.51. The number of hydrogen-bond donors (Lipinski definition) is 1. The molecule has 2 heterocycles. The molecule has 1 aromatic heterocycles. The van der Waals surface area contributed by atoms with Gasteiger partial charge in [-0.3, -0.25) is 15.5 Å². The Kier molecular flexibility index (Phi) is 6.00. The molecule has 0 spiro atoms. The number of hydrogen-bond acceptors (Lipinski definition) is 7. The average molecular weight is 403 g/mol. The predicted octanol–water partition coefficient (Wildman–Crippen LogP) is 3.00. The second kappa shape index (κ2) is 8.44. The van der Waals surface area contributed by atoms with Crippen molar-refractivity contribution < 1.29 is 13.3 Å². The number of pyridine rings is 1. The zero-order chi connectivity index (χ0) is 20.1. The number of nitrogens with one attached hydrogen (secondary N) is 1. The number of anilines is 1. The molecular formula is C18H21N5O4S. The Bertz CT molecular complexity index is 966. The SMILES string of the molecule is C/C(=N\Nc1ccc(S(=O)(=O)N2CCCCC2)cn1)c1ccc([N+](=O)[O-])cc1. The Morgan fingerprint density at radius 1 is 1.14 bits per heavy atom. The van der Waals surface area contributed by atoms with Gasteiger partial charge in [0.1, 0.15) is 10.7 Å². The van der Waals surface area contributed by atoms with Gasteiger partial charge >= 0.3 is 0 Å². The Morgan fingerprint density at radius 2 is 1.82 bits per heavy atom. The van der Waals surface area contributed by atoms with Crippen LogP contribution in [0.1, 0.15) is 31.7 Å². The zero-order valence-corrected chi connectivity index (χ0v) is 16.2. The Morgan fingerprint density at radius 3 is 2.39 bits per heavy atom. The fourth-order valence-electron chi connectivity index (χ4n) is 2.88. The van der Waals surface area contributed by atoms with Crippen LogP contribution in [0.4, 0.5) is 11.5 Å². The highest BCUT2D eigenvalue weighted by Crippen LogP contribution is 2.20. The Balaban J connectivity index is 1.68. The second-order valence-corrected chi connectivity index (χ2v) is 8.39. The predicted molar refractivity (Wildman–Crippen MR) is 106 cm³/mol. The highest BCUT2D eigenvalue weighted by Gasteiger charge is 2.26. The van der Waals surface area contributed by atoms with Crippen LogP contribution in [0.15, 0.2) is 52.6 Å². The number of nitro groups is 1. The number of aromatic nitrogens is 1. The molecular weight excluding hydrogens is 382 g/mol. The van der Waals surface area contributed by atoms with Gasteiger partial charge in [-0.2, -0.15) is 9.41 Å². The second-order valence-electron chi connectivity index (χ2n) is 6.46. The van der Waals surface area contributed by atoms with E-state index in [1.165, 1.54) is 28.7 Å². The van der Waals surface area contributed by atoms with E-state index in [1.54, 1.807) is 25.1 Å². The van der Waals surface area contributed by atoms with Crippen molar-refractivity contribution >= 4 is 27.2 Å². The van der Waals surface area contributed by atoms with Crippen LogP contribution in [0.5, 0.6) is 0 Å². The first-order valence-electron chi connectivity index (χ1n) is 8.89. The molecule has 0 amide bonds. The quantitative estimate of drug-likeness (QED) is 0.450. The third-order valence-electron chi connectivity index (χ3n) is 4.52. The normalized spacial score (nSPS) is 16.0. The van der Waals surface area contributed by atoms with Gasteiger partial charge in [0, 0.05) is 31.4 Å². The summed E-state index contributed by atoms with van der Waals surface area (Å²) in [5, 5.41) is 14.9. The third kappa shape index (κ3) is 4.52. The number of benzene rings is 1. The molecule has 1 fully saturated rings. The van der Waals surface area contributed by atoms with Crippen LogP contribution in [0.2, 0.25) is 0 Å². The first-order valence-corrected chi connectivity index (χ1v) is 10.3. The van der Waals surface area contributed by atoms with E-state index in [4.69, 9.17) is 0 Å². The first kappa shape index (κ1) is 19.9. The van der Waals surface area contributed by atoms with E-state index in [0.29, 0.717) is 24.6 Å². The molecule has 1 saturated heterocycles. The third-order valence-corrected chi connectivity index (χ3v) is 6.41. The molecule has 3 rings (SSSR count). The van der Waals surface area contributed by atoms with E-state index in [-0.39, 0.29) is 10.6 Å². The van der Waals surface area contributed by atoms with Crippen molar-refractivity contribution in [2.24, 2.45) is 5.10 Å². The molecule has 1 aliphatic heterocycles. The van der Waals surface area contributed by atoms with E-state index in [9.17, 15) is 18.5 Å². The maximum Gasteiger partial charge on any atom is 0.269 e. The summed E-state index contributed by atoms with van der Waals surface area (Å²) >= 11 is 0. The van der Waals surface area contributed by atoms with Crippen molar-refractivity contribution in [1.29, 1.82) is 0 Å².